The van der Waals surface area contributed by atoms with E-state index in [0.29, 0.717) is 41.8 Å². The Morgan fingerprint density at radius 3 is 2.48 bits per heavy atom. The Kier molecular flexibility index (Phi) is 6.67. The van der Waals surface area contributed by atoms with Gasteiger partial charge in [0.15, 0.2) is 0 Å². The van der Waals surface area contributed by atoms with Gasteiger partial charge in [-0.1, -0.05) is 11.6 Å². The Hall–Kier alpha value is -2.14. The SMILES string of the molecule is N#Cc1ccc(NC(=O)CCN2CCN(CC(=O)NC3CC3)CC2)cc1Cl. The summed E-state index contributed by atoms with van der Waals surface area (Å²) in [4.78, 5) is 28.4. The van der Waals surface area contributed by atoms with Crippen LogP contribution in [0.5, 0.6) is 0 Å². The fraction of sp³-hybridized carbons (Fsp3) is 0.526. The highest BCUT2D eigenvalue weighted by Crippen LogP contribution is 2.20. The van der Waals surface area contributed by atoms with Gasteiger partial charge in [0.1, 0.15) is 6.07 Å². The predicted molar refractivity (Wildman–Crippen MR) is 103 cm³/mol. The number of nitriles is 1. The summed E-state index contributed by atoms with van der Waals surface area (Å²) in [7, 11) is 0. The number of hydrogen-bond acceptors (Lipinski definition) is 5. The number of nitrogens with zero attached hydrogens (tertiary/aromatic N) is 3. The van der Waals surface area contributed by atoms with Gasteiger partial charge >= 0.3 is 0 Å². The lowest BCUT2D eigenvalue weighted by Gasteiger charge is -2.34. The van der Waals surface area contributed by atoms with E-state index in [9.17, 15) is 9.59 Å². The first-order valence-corrected chi connectivity index (χ1v) is 9.65. The van der Waals surface area contributed by atoms with Gasteiger partial charge in [-0.25, -0.2) is 0 Å². The number of amides is 2. The molecule has 27 heavy (non-hydrogen) atoms. The zero-order valence-electron chi connectivity index (χ0n) is 15.2. The minimum atomic E-state index is -0.0815. The van der Waals surface area contributed by atoms with Crippen molar-refractivity contribution in [1.82, 2.24) is 15.1 Å². The Morgan fingerprint density at radius 2 is 1.85 bits per heavy atom. The molecular formula is C19H24ClN5O2. The number of halogens is 1. The molecule has 144 valence electrons. The second-order valence-corrected chi connectivity index (χ2v) is 7.47. The molecule has 2 fully saturated rings. The van der Waals surface area contributed by atoms with Gasteiger partial charge in [0.05, 0.1) is 17.1 Å². The van der Waals surface area contributed by atoms with Crippen LogP contribution in [0.25, 0.3) is 0 Å². The van der Waals surface area contributed by atoms with Crippen LogP contribution in [0.3, 0.4) is 0 Å². The first-order valence-electron chi connectivity index (χ1n) is 9.27. The highest BCUT2D eigenvalue weighted by molar-refractivity contribution is 6.32. The molecule has 8 heteroatoms. The van der Waals surface area contributed by atoms with E-state index >= 15 is 0 Å². The van der Waals surface area contributed by atoms with Crippen LogP contribution >= 0.6 is 11.6 Å². The van der Waals surface area contributed by atoms with Crippen LogP contribution in [-0.2, 0) is 9.59 Å². The average Bonchev–Trinajstić information content (AvgIpc) is 3.45. The molecule has 1 aromatic carbocycles. The summed E-state index contributed by atoms with van der Waals surface area (Å²) in [5.41, 5.74) is 0.980. The molecule has 2 amide bonds. The molecule has 2 N–H and O–H groups in total. The zero-order chi connectivity index (χ0) is 19.2. The highest BCUT2D eigenvalue weighted by atomic mass is 35.5. The van der Waals surface area contributed by atoms with Gasteiger partial charge in [-0.3, -0.25) is 14.5 Å². The standard InChI is InChI=1S/C19H24ClN5O2/c20-17-11-16(2-1-14(17)12-21)23-18(26)5-6-24-7-9-25(10-8-24)13-19(27)22-15-3-4-15/h1-2,11,15H,3-10,13H2,(H,22,27)(H,23,26). The molecule has 1 saturated heterocycles. The quantitative estimate of drug-likeness (QED) is 0.736. The van der Waals surface area contributed by atoms with Crippen LogP contribution in [-0.4, -0.2) is 66.9 Å². The lowest BCUT2D eigenvalue weighted by Crippen LogP contribution is -2.50. The Balaban J connectivity index is 1.34. The number of rotatable bonds is 7. The predicted octanol–water partition coefficient (Wildman–Crippen LogP) is 1.44. The maximum atomic E-state index is 12.1. The van der Waals surface area contributed by atoms with Gasteiger partial charge in [-0.15, -0.1) is 0 Å². The van der Waals surface area contributed by atoms with Gasteiger partial charge in [0.2, 0.25) is 11.8 Å². The number of carbonyl (C=O) groups excluding carboxylic acids is 2. The molecule has 0 unspecified atom stereocenters. The van der Waals surface area contributed by atoms with E-state index in [-0.39, 0.29) is 11.8 Å². The molecule has 0 spiro atoms. The summed E-state index contributed by atoms with van der Waals surface area (Å²) >= 11 is 5.98. The van der Waals surface area contributed by atoms with Crippen molar-refractivity contribution in [2.75, 3.05) is 44.6 Å². The summed E-state index contributed by atoms with van der Waals surface area (Å²) in [6, 6.07) is 7.25. The molecule has 1 aliphatic carbocycles. The fourth-order valence-electron chi connectivity index (χ4n) is 3.04. The lowest BCUT2D eigenvalue weighted by molar-refractivity contribution is -0.122. The average molecular weight is 390 g/mol. The van der Waals surface area contributed by atoms with Crippen molar-refractivity contribution in [3.63, 3.8) is 0 Å². The molecule has 1 heterocycles. The topological polar surface area (TPSA) is 88.5 Å². The van der Waals surface area contributed by atoms with E-state index in [0.717, 1.165) is 39.0 Å². The summed E-state index contributed by atoms with van der Waals surface area (Å²) in [6.07, 6.45) is 2.60. The van der Waals surface area contributed by atoms with Gasteiger partial charge in [-0.2, -0.15) is 5.26 Å². The lowest BCUT2D eigenvalue weighted by atomic mass is 10.2. The maximum Gasteiger partial charge on any atom is 0.234 e. The smallest absolute Gasteiger partial charge is 0.234 e. The second kappa shape index (κ2) is 9.18. The van der Waals surface area contributed by atoms with Crippen molar-refractivity contribution in [3.8, 4) is 6.07 Å². The van der Waals surface area contributed by atoms with E-state index < -0.39 is 0 Å². The van der Waals surface area contributed by atoms with Crippen LogP contribution in [0.4, 0.5) is 5.69 Å². The molecule has 7 nitrogen and oxygen atoms in total. The molecular weight excluding hydrogens is 366 g/mol. The summed E-state index contributed by atoms with van der Waals surface area (Å²) in [5.74, 6) is 0.0356. The largest absolute Gasteiger partial charge is 0.352 e. The molecule has 1 saturated carbocycles. The number of carbonyl (C=O) groups is 2. The van der Waals surface area contributed by atoms with Gasteiger partial charge in [0, 0.05) is 50.9 Å². The van der Waals surface area contributed by atoms with E-state index in [1.807, 2.05) is 6.07 Å². The summed E-state index contributed by atoms with van der Waals surface area (Å²) < 4.78 is 0. The molecule has 0 radical (unpaired) electrons. The monoisotopic (exact) mass is 389 g/mol. The van der Waals surface area contributed by atoms with E-state index in [4.69, 9.17) is 16.9 Å². The van der Waals surface area contributed by atoms with Crippen LogP contribution in [0.2, 0.25) is 5.02 Å². The third-order valence-electron chi connectivity index (χ3n) is 4.80. The third-order valence-corrected chi connectivity index (χ3v) is 5.12. The maximum absolute atomic E-state index is 12.1. The third kappa shape index (κ3) is 6.21. The molecule has 1 aliphatic heterocycles. The molecule has 1 aromatic rings. The number of piperazine rings is 1. The fourth-order valence-corrected chi connectivity index (χ4v) is 3.26. The number of anilines is 1. The van der Waals surface area contributed by atoms with Gasteiger partial charge in [0.25, 0.3) is 0 Å². The Bertz CT molecular complexity index is 736. The van der Waals surface area contributed by atoms with Crippen LogP contribution in [0.15, 0.2) is 18.2 Å². The Labute approximate surface area is 164 Å². The molecule has 0 aromatic heterocycles. The summed E-state index contributed by atoms with van der Waals surface area (Å²) in [6.45, 7) is 4.53. The van der Waals surface area contributed by atoms with Crippen LogP contribution in [0.1, 0.15) is 24.8 Å². The normalized spacial score (nSPS) is 17.9. The van der Waals surface area contributed by atoms with Crippen molar-refractivity contribution in [3.05, 3.63) is 28.8 Å². The first-order chi connectivity index (χ1) is 13.0. The number of hydrogen-bond donors (Lipinski definition) is 2. The molecule has 0 bridgehead atoms. The second-order valence-electron chi connectivity index (χ2n) is 7.06. The van der Waals surface area contributed by atoms with Crippen LogP contribution < -0.4 is 10.6 Å². The van der Waals surface area contributed by atoms with Gasteiger partial charge < -0.3 is 15.5 Å². The van der Waals surface area contributed by atoms with Crippen molar-refractivity contribution < 1.29 is 9.59 Å². The first kappa shape index (κ1) is 19.6. The van der Waals surface area contributed by atoms with Crippen molar-refractivity contribution in [2.24, 2.45) is 0 Å². The van der Waals surface area contributed by atoms with Gasteiger partial charge in [-0.05, 0) is 31.0 Å². The minimum Gasteiger partial charge on any atom is -0.352 e. The Morgan fingerprint density at radius 1 is 1.15 bits per heavy atom. The minimum absolute atomic E-state index is 0.0815. The number of benzene rings is 1. The molecule has 0 atom stereocenters. The number of nitrogens with one attached hydrogen (secondary N) is 2. The van der Waals surface area contributed by atoms with E-state index in [1.165, 1.54) is 0 Å². The highest BCUT2D eigenvalue weighted by Gasteiger charge is 2.25. The molecule has 2 aliphatic rings. The van der Waals surface area contributed by atoms with Crippen molar-refractivity contribution in [1.29, 1.82) is 5.26 Å². The van der Waals surface area contributed by atoms with E-state index in [2.05, 4.69) is 20.4 Å². The summed E-state index contributed by atoms with van der Waals surface area (Å²) in [5, 5.41) is 15.0. The van der Waals surface area contributed by atoms with E-state index in [1.54, 1.807) is 18.2 Å². The van der Waals surface area contributed by atoms with Crippen molar-refractivity contribution in [2.45, 2.75) is 25.3 Å². The van der Waals surface area contributed by atoms with Crippen LogP contribution in [0, 0.1) is 11.3 Å². The molecule has 3 rings (SSSR count). The zero-order valence-corrected chi connectivity index (χ0v) is 16.0. The van der Waals surface area contributed by atoms with Crippen molar-refractivity contribution >= 4 is 29.1 Å².